The third-order valence-electron chi connectivity index (χ3n) is 2.29. The van der Waals surface area contributed by atoms with Crippen LogP contribution in [0.5, 0.6) is 5.88 Å². The summed E-state index contributed by atoms with van der Waals surface area (Å²) in [6.45, 7) is 1.22. The first-order valence-electron chi connectivity index (χ1n) is 6.08. The van der Waals surface area contributed by atoms with Crippen LogP contribution in [0.1, 0.15) is 0 Å². The Morgan fingerprint density at radius 1 is 1.30 bits per heavy atom. The Morgan fingerprint density at radius 2 is 2.10 bits per heavy atom. The van der Waals surface area contributed by atoms with E-state index in [1.54, 1.807) is 12.1 Å². The van der Waals surface area contributed by atoms with E-state index in [4.69, 9.17) is 9.84 Å². The molecule has 0 aromatic carbocycles. The zero-order valence-electron chi connectivity index (χ0n) is 11.2. The molecule has 0 radical (unpaired) electrons. The summed E-state index contributed by atoms with van der Waals surface area (Å²) in [5, 5.41) is 16.3. The SMILES string of the molecule is COc1ncccc1NC(=O)C(=O)NCCNCCO. The maximum atomic E-state index is 11.6. The van der Waals surface area contributed by atoms with Gasteiger partial charge < -0.3 is 25.8 Å². The molecule has 0 aliphatic heterocycles. The Morgan fingerprint density at radius 3 is 2.80 bits per heavy atom. The van der Waals surface area contributed by atoms with Crippen LogP contribution in [0.15, 0.2) is 18.3 Å². The number of nitrogens with one attached hydrogen (secondary N) is 3. The lowest BCUT2D eigenvalue weighted by molar-refractivity contribution is -0.136. The van der Waals surface area contributed by atoms with Crippen LogP contribution < -0.4 is 20.7 Å². The van der Waals surface area contributed by atoms with Crippen molar-refractivity contribution in [2.24, 2.45) is 0 Å². The van der Waals surface area contributed by atoms with Gasteiger partial charge >= 0.3 is 11.8 Å². The molecule has 0 spiro atoms. The minimum Gasteiger partial charge on any atom is -0.480 e. The minimum absolute atomic E-state index is 0.0230. The molecule has 1 heterocycles. The molecule has 8 nitrogen and oxygen atoms in total. The molecule has 8 heteroatoms. The average Bonchev–Trinajstić information content (AvgIpc) is 2.47. The first-order valence-corrected chi connectivity index (χ1v) is 6.08. The van der Waals surface area contributed by atoms with Crippen molar-refractivity contribution < 1.29 is 19.4 Å². The molecule has 110 valence electrons. The Balaban J connectivity index is 2.40. The Labute approximate surface area is 116 Å². The van der Waals surface area contributed by atoms with E-state index in [1.165, 1.54) is 13.3 Å². The van der Waals surface area contributed by atoms with E-state index >= 15 is 0 Å². The number of aromatic nitrogens is 1. The van der Waals surface area contributed by atoms with Crippen molar-refractivity contribution in [3.05, 3.63) is 18.3 Å². The van der Waals surface area contributed by atoms with Gasteiger partial charge in [0.05, 0.1) is 13.7 Å². The van der Waals surface area contributed by atoms with Gasteiger partial charge in [0.1, 0.15) is 5.69 Å². The number of rotatable bonds is 7. The first kappa shape index (κ1) is 15.9. The number of nitrogens with zero attached hydrogens (tertiary/aromatic N) is 1. The zero-order valence-corrected chi connectivity index (χ0v) is 11.2. The van der Waals surface area contributed by atoms with Gasteiger partial charge in [-0.1, -0.05) is 0 Å². The van der Waals surface area contributed by atoms with Gasteiger partial charge in [0, 0.05) is 25.8 Å². The van der Waals surface area contributed by atoms with E-state index < -0.39 is 11.8 Å². The van der Waals surface area contributed by atoms with Crippen LogP contribution in [0.2, 0.25) is 0 Å². The lowest BCUT2D eigenvalue weighted by atomic mass is 10.4. The fourth-order valence-corrected chi connectivity index (χ4v) is 1.38. The van der Waals surface area contributed by atoms with Crippen LogP contribution in [0.3, 0.4) is 0 Å². The summed E-state index contributed by atoms with van der Waals surface area (Å²) in [4.78, 5) is 27.1. The normalized spacial score (nSPS) is 9.90. The lowest BCUT2D eigenvalue weighted by Gasteiger charge is -2.09. The molecule has 0 aliphatic rings. The van der Waals surface area contributed by atoms with Crippen molar-refractivity contribution in [3.8, 4) is 5.88 Å². The maximum absolute atomic E-state index is 11.6. The summed E-state index contributed by atoms with van der Waals surface area (Å²) < 4.78 is 4.96. The van der Waals surface area contributed by atoms with Gasteiger partial charge in [0.25, 0.3) is 0 Å². The molecular formula is C12H18N4O4. The number of aliphatic hydroxyl groups is 1. The molecule has 1 aromatic rings. The summed E-state index contributed by atoms with van der Waals surface area (Å²) in [5.41, 5.74) is 0.327. The van der Waals surface area contributed by atoms with Crippen molar-refractivity contribution in [2.45, 2.75) is 0 Å². The number of ether oxygens (including phenoxy) is 1. The van der Waals surface area contributed by atoms with Gasteiger partial charge in [0.2, 0.25) is 5.88 Å². The number of pyridine rings is 1. The topological polar surface area (TPSA) is 113 Å². The summed E-state index contributed by atoms with van der Waals surface area (Å²) in [6, 6.07) is 3.20. The van der Waals surface area contributed by atoms with Gasteiger partial charge in [-0.25, -0.2) is 4.98 Å². The van der Waals surface area contributed by atoms with Crippen LogP contribution in [-0.4, -0.2) is 55.3 Å². The van der Waals surface area contributed by atoms with Crippen LogP contribution >= 0.6 is 0 Å². The molecule has 0 saturated carbocycles. The maximum Gasteiger partial charge on any atom is 0.313 e. The number of hydrogen-bond acceptors (Lipinski definition) is 6. The fourth-order valence-electron chi connectivity index (χ4n) is 1.38. The molecule has 0 saturated heterocycles. The van der Waals surface area contributed by atoms with Crippen molar-refractivity contribution >= 4 is 17.5 Å². The molecule has 0 fully saturated rings. The summed E-state index contributed by atoms with van der Waals surface area (Å²) in [7, 11) is 1.42. The van der Waals surface area contributed by atoms with E-state index in [-0.39, 0.29) is 19.0 Å². The van der Waals surface area contributed by atoms with Gasteiger partial charge in [0.15, 0.2) is 0 Å². The van der Waals surface area contributed by atoms with Gasteiger partial charge in [-0.15, -0.1) is 0 Å². The zero-order chi connectivity index (χ0) is 14.8. The molecule has 0 unspecified atom stereocenters. The number of carbonyl (C=O) groups is 2. The first-order chi connectivity index (χ1) is 9.69. The van der Waals surface area contributed by atoms with E-state index in [0.29, 0.717) is 18.8 Å². The molecule has 20 heavy (non-hydrogen) atoms. The highest BCUT2D eigenvalue weighted by Gasteiger charge is 2.15. The number of amides is 2. The van der Waals surface area contributed by atoms with Crippen LogP contribution in [0.25, 0.3) is 0 Å². The lowest BCUT2D eigenvalue weighted by Crippen LogP contribution is -2.39. The monoisotopic (exact) mass is 282 g/mol. The molecule has 0 aliphatic carbocycles. The van der Waals surface area contributed by atoms with E-state index in [0.717, 1.165) is 0 Å². The number of carbonyl (C=O) groups excluding carboxylic acids is 2. The second kappa shape index (κ2) is 8.83. The highest BCUT2D eigenvalue weighted by atomic mass is 16.5. The Kier molecular flexibility index (Phi) is 7.01. The Bertz CT molecular complexity index is 453. The highest BCUT2D eigenvalue weighted by molar-refractivity contribution is 6.39. The molecule has 1 aromatic heterocycles. The highest BCUT2D eigenvalue weighted by Crippen LogP contribution is 2.19. The van der Waals surface area contributed by atoms with Crippen LogP contribution in [0.4, 0.5) is 5.69 Å². The molecule has 4 N–H and O–H groups in total. The van der Waals surface area contributed by atoms with Gasteiger partial charge in [-0.05, 0) is 12.1 Å². The van der Waals surface area contributed by atoms with Gasteiger partial charge in [-0.2, -0.15) is 0 Å². The Hall–Kier alpha value is -2.19. The third-order valence-corrected chi connectivity index (χ3v) is 2.29. The number of anilines is 1. The van der Waals surface area contributed by atoms with Crippen molar-refractivity contribution in [1.82, 2.24) is 15.6 Å². The standard InChI is InChI=1S/C12H18N4O4/c1-20-12-9(3-2-4-15-12)16-11(19)10(18)14-6-5-13-7-8-17/h2-4,13,17H,5-8H2,1H3,(H,14,18)(H,16,19). The number of hydrogen-bond donors (Lipinski definition) is 4. The van der Waals surface area contributed by atoms with Crippen molar-refractivity contribution in [3.63, 3.8) is 0 Å². The van der Waals surface area contributed by atoms with E-state index in [9.17, 15) is 9.59 Å². The van der Waals surface area contributed by atoms with E-state index in [1.807, 2.05) is 0 Å². The fraction of sp³-hybridized carbons (Fsp3) is 0.417. The molecular weight excluding hydrogens is 264 g/mol. The van der Waals surface area contributed by atoms with Crippen molar-refractivity contribution in [2.75, 3.05) is 38.7 Å². The van der Waals surface area contributed by atoms with E-state index in [2.05, 4.69) is 20.9 Å². The number of methoxy groups -OCH3 is 1. The van der Waals surface area contributed by atoms with Crippen molar-refractivity contribution in [1.29, 1.82) is 0 Å². The summed E-state index contributed by atoms with van der Waals surface area (Å²) >= 11 is 0. The number of aliphatic hydroxyl groups excluding tert-OH is 1. The molecule has 2 amide bonds. The molecule has 0 bridgehead atoms. The summed E-state index contributed by atoms with van der Waals surface area (Å²) in [5.74, 6) is -1.31. The third kappa shape index (κ3) is 5.21. The smallest absolute Gasteiger partial charge is 0.313 e. The summed E-state index contributed by atoms with van der Waals surface area (Å²) in [6.07, 6.45) is 1.52. The predicted octanol–water partition coefficient (Wildman–Crippen LogP) is -1.27. The average molecular weight is 282 g/mol. The largest absolute Gasteiger partial charge is 0.480 e. The predicted molar refractivity (Wildman–Crippen MR) is 72.4 cm³/mol. The quantitative estimate of drug-likeness (QED) is 0.366. The molecule has 0 atom stereocenters. The second-order valence-electron chi connectivity index (χ2n) is 3.74. The van der Waals surface area contributed by atoms with Crippen LogP contribution in [-0.2, 0) is 9.59 Å². The van der Waals surface area contributed by atoms with Crippen LogP contribution in [0, 0.1) is 0 Å². The molecule has 1 rings (SSSR count). The second-order valence-corrected chi connectivity index (χ2v) is 3.74. The van der Waals surface area contributed by atoms with Gasteiger partial charge in [-0.3, -0.25) is 9.59 Å². The minimum atomic E-state index is -0.793.